The van der Waals surface area contributed by atoms with E-state index in [1.165, 1.54) is 11.3 Å². The summed E-state index contributed by atoms with van der Waals surface area (Å²) in [7, 11) is 1.74. The molecular formula is C31H32N6O4S. The number of carbonyl (C=O) groups excluding carboxylic acids is 3. The van der Waals surface area contributed by atoms with E-state index in [9.17, 15) is 14.4 Å². The summed E-state index contributed by atoms with van der Waals surface area (Å²) >= 11 is 1.27. The van der Waals surface area contributed by atoms with Gasteiger partial charge in [-0.05, 0) is 81.6 Å². The van der Waals surface area contributed by atoms with Gasteiger partial charge in [0, 0.05) is 18.3 Å². The van der Waals surface area contributed by atoms with Crippen LogP contribution in [0.3, 0.4) is 0 Å². The first-order valence-electron chi connectivity index (χ1n) is 14.0. The Hall–Kier alpha value is -4.48. The maximum atomic E-state index is 13.9. The number of anilines is 3. The fourth-order valence-electron chi connectivity index (χ4n) is 5.69. The molecule has 6 rings (SSSR count). The first-order valence-corrected chi connectivity index (χ1v) is 14.8. The number of hydrogen-bond acceptors (Lipinski definition) is 7. The number of para-hydroxylation sites is 1. The van der Waals surface area contributed by atoms with E-state index in [1.54, 1.807) is 24.2 Å². The van der Waals surface area contributed by atoms with E-state index >= 15 is 0 Å². The highest BCUT2D eigenvalue weighted by Crippen LogP contribution is 2.47. The SMILES string of the molecule is CNCC(=O)N[C@H]1CCC[C@@H](NC(=O)c2sc3nccc4c3c2N(c2ccc(Oc3ccccc3)cc2C)C(=O)N4)C1. The molecule has 10 nitrogen and oxygen atoms in total. The number of ether oxygens (including phenoxy) is 1. The van der Waals surface area contributed by atoms with Gasteiger partial charge in [-0.15, -0.1) is 11.3 Å². The van der Waals surface area contributed by atoms with E-state index in [-0.39, 0.29) is 36.5 Å². The van der Waals surface area contributed by atoms with Crippen LogP contribution in [0.1, 0.15) is 40.9 Å². The van der Waals surface area contributed by atoms with Crippen LogP contribution in [0.5, 0.6) is 11.5 Å². The smallest absolute Gasteiger partial charge is 0.331 e. The van der Waals surface area contributed by atoms with Crippen LogP contribution in [0.2, 0.25) is 0 Å². The summed E-state index contributed by atoms with van der Waals surface area (Å²) in [4.78, 5) is 46.7. The van der Waals surface area contributed by atoms with Gasteiger partial charge in [0.05, 0.1) is 29.0 Å². The zero-order valence-corrected chi connectivity index (χ0v) is 24.2. The van der Waals surface area contributed by atoms with E-state index in [0.717, 1.165) is 30.2 Å². The van der Waals surface area contributed by atoms with Crippen molar-refractivity contribution in [3.05, 3.63) is 71.2 Å². The third kappa shape index (κ3) is 5.53. The monoisotopic (exact) mass is 584 g/mol. The Morgan fingerprint density at radius 2 is 1.86 bits per heavy atom. The molecule has 1 fully saturated rings. The van der Waals surface area contributed by atoms with Crippen molar-refractivity contribution >= 4 is 56.5 Å². The van der Waals surface area contributed by atoms with Crippen molar-refractivity contribution in [2.45, 2.75) is 44.7 Å². The van der Waals surface area contributed by atoms with E-state index in [1.807, 2.05) is 55.5 Å². The summed E-state index contributed by atoms with van der Waals surface area (Å²) in [6, 6.07) is 16.3. The fraction of sp³-hybridized carbons (Fsp3) is 0.290. The maximum absolute atomic E-state index is 13.9. The highest BCUT2D eigenvalue weighted by atomic mass is 32.1. The van der Waals surface area contributed by atoms with Crippen LogP contribution in [-0.4, -0.2) is 48.5 Å². The number of aromatic nitrogens is 1. The largest absolute Gasteiger partial charge is 0.457 e. The molecule has 0 unspecified atom stereocenters. The fourth-order valence-corrected chi connectivity index (χ4v) is 6.75. The first-order chi connectivity index (χ1) is 20.4. The average Bonchev–Trinajstić information content (AvgIpc) is 3.36. The molecule has 1 aliphatic carbocycles. The number of urea groups is 1. The minimum atomic E-state index is -0.354. The molecule has 0 bridgehead atoms. The summed E-state index contributed by atoms with van der Waals surface area (Å²) in [5.74, 6) is 1.04. The number of nitrogens with one attached hydrogen (secondary N) is 4. The lowest BCUT2D eigenvalue weighted by atomic mass is 9.91. The van der Waals surface area contributed by atoms with Gasteiger partial charge in [0.25, 0.3) is 5.91 Å². The highest BCUT2D eigenvalue weighted by molar-refractivity contribution is 7.21. The molecule has 2 atom stereocenters. The molecular weight excluding hydrogens is 552 g/mol. The Morgan fingerprint density at radius 1 is 1.07 bits per heavy atom. The predicted molar refractivity (Wildman–Crippen MR) is 164 cm³/mol. The summed E-state index contributed by atoms with van der Waals surface area (Å²) in [6.07, 6.45) is 4.87. The van der Waals surface area contributed by atoms with Crippen molar-refractivity contribution in [2.24, 2.45) is 0 Å². The maximum Gasteiger partial charge on any atom is 0.331 e. The zero-order valence-electron chi connectivity index (χ0n) is 23.4. The van der Waals surface area contributed by atoms with Gasteiger partial charge in [-0.1, -0.05) is 18.2 Å². The number of nitrogens with zero attached hydrogens (tertiary/aromatic N) is 2. The molecule has 4 aromatic rings. The molecule has 42 heavy (non-hydrogen) atoms. The molecule has 2 aliphatic rings. The van der Waals surface area contributed by atoms with Crippen LogP contribution >= 0.6 is 11.3 Å². The van der Waals surface area contributed by atoms with Gasteiger partial charge >= 0.3 is 6.03 Å². The molecule has 11 heteroatoms. The van der Waals surface area contributed by atoms with Gasteiger partial charge < -0.3 is 26.0 Å². The van der Waals surface area contributed by atoms with Crippen molar-refractivity contribution in [3.63, 3.8) is 0 Å². The zero-order chi connectivity index (χ0) is 29.2. The highest BCUT2D eigenvalue weighted by Gasteiger charge is 2.36. The molecule has 2 aromatic carbocycles. The second kappa shape index (κ2) is 11.8. The predicted octanol–water partition coefficient (Wildman–Crippen LogP) is 5.46. The molecule has 1 saturated carbocycles. The van der Waals surface area contributed by atoms with Crippen molar-refractivity contribution in [2.75, 3.05) is 23.8 Å². The third-order valence-electron chi connectivity index (χ3n) is 7.54. The molecule has 0 spiro atoms. The van der Waals surface area contributed by atoms with Crippen LogP contribution < -0.4 is 30.9 Å². The number of benzene rings is 2. The first kappa shape index (κ1) is 27.7. The number of likely N-dealkylation sites (N-methyl/N-ethyl adjacent to an activating group) is 1. The number of rotatable bonds is 8. The molecule has 0 radical (unpaired) electrons. The van der Waals surface area contributed by atoms with Crippen molar-refractivity contribution in [1.29, 1.82) is 0 Å². The molecule has 4 N–H and O–H groups in total. The molecule has 4 amide bonds. The van der Waals surface area contributed by atoms with Crippen LogP contribution in [-0.2, 0) is 4.79 Å². The summed E-state index contributed by atoms with van der Waals surface area (Å²) in [5, 5.41) is 12.8. The summed E-state index contributed by atoms with van der Waals surface area (Å²) < 4.78 is 6.00. The second-order valence-electron chi connectivity index (χ2n) is 10.6. The van der Waals surface area contributed by atoms with Crippen molar-refractivity contribution in [1.82, 2.24) is 20.9 Å². The summed E-state index contributed by atoms with van der Waals surface area (Å²) in [6.45, 7) is 2.16. The lowest BCUT2D eigenvalue weighted by Gasteiger charge is -2.31. The molecule has 1 aliphatic heterocycles. The topological polar surface area (TPSA) is 125 Å². The quantitative estimate of drug-likeness (QED) is 0.218. The number of amides is 4. The van der Waals surface area contributed by atoms with Gasteiger partial charge in [-0.25, -0.2) is 9.78 Å². The third-order valence-corrected chi connectivity index (χ3v) is 8.63. The minimum Gasteiger partial charge on any atom is -0.457 e. The molecule has 3 heterocycles. The van der Waals surface area contributed by atoms with E-state index < -0.39 is 0 Å². The van der Waals surface area contributed by atoms with E-state index in [2.05, 4.69) is 26.3 Å². The van der Waals surface area contributed by atoms with Crippen LogP contribution in [0, 0.1) is 6.92 Å². The number of carbonyl (C=O) groups is 3. The summed E-state index contributed by atoms with van der Waals surface area (Å²) in [5.41, 5.74) is 2.59. The van der Waals surface area contributed by atoms with Gasteiger partial charge in [0.1, 0.15) is 21.2 Å². The van der Waals surface area contributed by atoms with Gasteiger partial charge in [0.15, 0.2) is 0 Å². The van der Waals surface area contributed by atoms with Crippen molar-refractivity contribution < 1.29 is 19.1 Å². The minimum absolute atomic E-state index is 0.000441. The lowest BCUT2D eigenvalue weighted by molar-refractivity contribution is -0.121. The molecule has 0 saturated heterocycles. The number of thiophene rings is 1. The Bertz CT molecular complexity index is 1660. The van der Waals surface area contributed by atoms with Gasteiger partial charge in [-0.2, -0.15) is 0 Å². The van der Waals surface area contributed by atoms with Crippen LogP contribution in [0.15, 0.2) is 60.8 Å². The Kier molecular flexibility index (Phi) is 7.77. The lowest BCUT2D eigenvalue weighted by Crippen LogP contribution is -2.47. The number of hydrogen-bond donors (Lipinski definition) is 4. The number of aryl methyl sites for hydroxylation is 1. The normalized spacial score (nSPS) is 18.0. The standard InChI is InChI=1S/C31H32N6O4S/c1-18-15-22(41-21-9-4-3-5-10-21)11-12-24(18)37-27-26-23(36-31(37)40)13-14-33-30(26)42-28(27)29(39)35-20-8-6-7-19(16-20)34-25(38)17-32-2/h3-5,9-15,19-20,32H,6-8,16-17H2,1-2H3,(H,34,38)(H,35,39)(H,36,40)/t19-,20+/m0/s1. The van der Waals surface area contributed by atoms with Gasteiger partial charge in [0.2, 0.25) is 5.91 Å². The Balaban J connectivity index is 1.30. The number of pyridine rings is 1. The van der Waals surface area contributed by atoms with E-state index in [4.69, 9.17) is 4.74 Å². The van der Waals surface area contributed by atoms with Crippen molar-refractivity contribution in [3.8, 4) is 11.5 Å². The Morgan fingerprint density at radius 3 is 2.62 bits per heavy atom. The van der Waals surface area contributed by atoms with E-state index in [0.29, 0.717) is 44.7 Å². The second-order valence-corrected chi connectivity index (χ2v) is 11.6. The van der Waals surface area contributed by atoms with Gasteiger partial charge in [-0.3, -0.25) is 14.5 Å². The Labute approximate surface area is 247 Å². The average molecular weight is 585 g/mol. The molecule has 216 valence electrons. The van der Waals surface area contributed by atoms with Crippen LogP contribution in [0.25, 0.3) is 10.2 Å². The van der Waals surface area contributed by atoms with Crippen LogP contribution in [0.4, 0.5) is 21.9 Å². The molecule has 2 aromatic heterocycles.